The minimum atomic E-state index is -1.67. The van der Waals surface area contributed by atoms with Crippen molar-refractivity contribution >= 4 is 34.1 Å². The molecule has 0 fully saturated rings. The van der Waals surface area contributed by atoms with Crippen molar-refractivity contribution in [3.05, 3.63) is 17.0 Å². The molecule has 0 spiro atoms. The molecule has 0 aromatic carbocycles. The van der Waals surface area contributed by atoms with Gasteiger partial charge in [0, 0.05) is 0 Å². The van der Waals surface area contributed by atoms with Crippen LogP contribution in [0.15, 0.2) is 12.1 Å². The number of hydrogen-bond donors (Lipinski definition) is 0. The Balaban J connectivity index is 3.00. The van der Waals surface area contributed by atoms with Gasteiger partial charge < -0.3 is 0 Å². The molecular weight excluding hydrogens is 229 g/mol. The molecule has 1 aromatic heterocycles. The molecular formula is C9H14GeOS. The molecule has 0 aliphatic rings. The normalized spacial score (nSPS) is 11.7. The number of carbonyl (C=O) groups is 1. The van der Waals surface area contributed by atoms with Crippen LogP contribution in [0.25, 0.3) is 0 Å². The third-order valence-corrected chi connectivity index (χ3v) is 9.97. The van der Waals surface area contributed by atoms with Crippen molar-refractivity contribution in [1.82, 2.24) is 0 Å². The summed E-state index contributed by atoms with van der Waals surface area (Å²) in [5.74, 6) is 7.22. The van der Waals surface area contributed by atoms with E-state index >= 15 is 0 Å². The van der Waals surface area contributed by atoms with Crippen molar-refractivity contribution < 1.29 is 4.79 Å². The Morgan fingerprint density at radius 3 is 2.17 bits per heavy atom. The third-order valence-electron chi connectivity index (χ3n) is 1.69. The number of ketones is 1. The summed E-state index contributed by atoms with van der Waals surface area (Å²) < 4.78 is 1.46. The fourth-order valence-corrected chi connectivity index (χ4v) is 5.73. The SMILES string of the molecule is CC(=O)c1cc[c]([Ge]([CH3])([CH3])[CH3])s1. The predicted molar refractivity (Wildman–Crippen MR) is 57.3 cm³/mol. The van der Waals surface area contributed by atoms with Crippen molar-refractivity contribution in [2.75, 3.05) is 0 Å². The quantitative estimate of drug-likeness (QED) is 0.576. The molecule has 0 atom stereocenters. The fraction of sp³-hybridized carbons (Fsp3) is 0.444. The zero-order valence-corrected chi connectivity index (χ0v) is 10.9. The van der Waals surface area contributed by atoms with Gasteiger partial charge in [-0.25, -0.2) is 0 Å². The van der Waals surface area contributed by atoms with Crippen LogP contribution in [0.2, 0.25) is 17.3 Å². The predicted octanol–water partition coefficient (Wildman–Crippen LogP) is 2.50. The zero-order valence-electron chi connectivity index (χ0n) is 7.97. The Bertz CT molecular complexity index is 296. The molecule has 1 heterocycles. The van der Waals surface area contributed by atoms with E-state index in [0.717, 1.165) is 4.88 Å². The van der Waals surface area contributed by atoms with Crippen LogP contribution in [-0.2, 0) is 0 Å². The first-order valence-electron chi connectivity index (χ1n) is 4.02. The molecule has 0 saturated carbocycles. The summed E-state index contributed by atoms with van der Waals surface area (Å²) in [6, 6.07) is 4.08. The van der Waals surface area contributed by atoms with Crippen LogP contribution in [0, 0.1) is 0 Å². The molecule has 1 rings (SSSR count). The third kappa shape index (κ3) is 2.20. The summed E-state index contributed by atoms with van der Waals surface area (Å²) >= 11 is 0.0147. The van der Waals surface area contributed by atoms with Crippen molar-refractivity contribution in [1.29, 1.82) is 0 Å². The van der Waals surface area contributed by atoms with Crippen LogP contribution in [0.5, 0.6) is 0 Å². The van der Waals surface area contributed by atoms with Crippen molar-refractivity contribution in [3.63, 3.8) is 0 Å². The van der Waals surface area contributed by atoms with Gasteiger partial charge in [0.1, 0.15) is 0 Å². The van der Waals surface area contributed by atoms with Gasteiger partial charge in [0.05, 0.1) is 0 Å². The Kier molecular flexibility index (Phi) is 2.78. The second kappa shape index (κ2) is 3.34. The van der Waals surface area contributed by atoms with Crippen LogP contribution in [0.4, 0.5) is 0 Å². The van der Waals surface area contributed by atoms with E-state index in [1.54, 1.807) is 18.3 Å². The van der Waals surface area contributed by atoms with Crippen LogP contribution in [0.1, 0.15) is 16.6 Å². The second-order valence-electron chi connectivity index (χ2n) is 3.97. The van der Waals surface area contributed by atoms with Crippen molar-refractivity contribution in [2.45, 2.75) is 24.2 Å². The van der Waals surface area contributed by atoms with Gasteiger partial charge in [-0.3, -0.25) is 0 Å². The number of hydrogen-bond acceptors (Lipinski definition) is 2. The first-order chi connectivity index (χ1) is 5.41. The Morgan fingerprint density at radius 1 is 1.33 bits per heavy atom. The van der Waals surface area contributed by atoms with E-state index in [1.165, 1.54) is 3.71 Å². The second-order valence-corrected chi connectivity index (χ2v) is 16.4. The van der Waals surface area contributed by atoms with Gasteiger partial charge in [-0.2, -0.15) is 0 Å². The molecule has 1 aromatic rings. The minimum absolute atomic E-state index is 0.193. The molecule has 0 bridgehead atoms. The maximum atomic E-state index is 11.0. The van der Waals surface area contributed by atoms with Gasteiger partial charge in [0.25, 0.3) is 0 Å². The Morgan fingerprint density at radius 2 is 1.92 bits per heavy atom. The molecule has 12 heavy (non-hydrogen) atoms. The average molecular weight is 243 g/mol. The molecule has 3 heteroatoms. The first kappa shape index (κ1) is 10.00. The average Bonchev–Trinajstić information content (AvgIpc) is 2.30. The van der Waals surface area contributed by atoms with E-state index in [-0.39, 0.29) is 5.78 Å². The zero-order chi connectivity index (χ0) is 9.35. The van der Waals surface area contributed by atoms with Crippen molar-refractivity contribution in [2.24, 2.45) is 0 Å². The van der Waals surface area contributed by atoms with Gasteiger partial charge in [-0.1, -0.05) is 0 Å². The van der Waals surface area contributed by atoms with E-state index < -0.39 is 13.3 Å². The molecule has 0 saturated heterocycles. The van der Waals surface area contributed by atoms with Gasteiger partial charge in [0.15, 0.2) is 0 Å². The summed E-state index contributed by atoms with van der Waals surface area (Å²) in [6.45, 7) is 1.63. The van der Waals surface area contributed by atoms with Crippen LogP contribution < -0.4 is 3.71 Å². The van der Waals surface area contributed by atoms with Gasteiger partial charge >= 0.3 is 80.1 Å². The van der Waals surface area contributed by atoms with E-state index in [4.69, 9.17) is 0 Å². The summed E-state index contributed by atoms with van der Waals surface area (Å²) in [6.07, 6.45) is 0. The fourth-order valence-electron chi connectivity index (χ4n) is 0.930. The summed E-state index contributed by atoms with van der Waals surface area (Å²) in [5.41, 5.74) is 0. The number of Topliss-reactive ketones (excluding diaryl/α,β-unsaturated/α-hetero) is 1. The monoisotopic (exact) mass is 244 g/mol. The van der Waals surface area contributed by atoms with Gasteiger partial charge in [-0.05, 0) is 0 Å². The van der Waals surface area contributed by atoms with E-state index in [2.05, 4.69) is 23.3 Å². The molecule has 0 radical (unpaired) electrons. The number of rotatable bonds is 2. The standard InChI is InChI=1S/C9H14GeOS/c1-7(11)8-5-6-9(12-8)10(2,3)4/h5-6H,1-4H3. The summed E-state index contributed by atoms with van der Waals surface area (Å²) in [5, 5.41) is 0. The van der Waals surface area contributed by atoms with E-state index in [1.807, 2.05) is 6.07 Å². The topological polar surface area (TPSA) is 17.1 Å². The molecule has 66 valence electrons. The summed E-state index contributed by atoms with van der Waals surface area (Å²) in [4.78, 5) is 11.9. The van der Waals surface area contributed by atoms with Crippen LogP contribution >= 0.6 is 11.3 Å². The molecule has 0 aliphatic carbocycles. The Labute approximate surface area is 80.2 Å². The number of carbonyl (C=O) groups excluding carboxylic acids is 1. The van der Waals surface area contributed by atoms with E-state index in [0.29, 0.717) is 0 Å². The molecule has 1 nitrogen and oxygen atoms in total. The maximum absolute atomic E-state index is 11.0. The first-order valence-corrected chi connectivity index (χ1v) is 12.2. The molecule has 0 N–H and O–H groups in total. The number of thiophene rings is 1. The Hall–Kier alpha value is -0.0871. The van der Waals surface area contributed by atoms with Crippen LogP contribution in [-0.4, -0.2) is 19.0 Å². The van der Waals surface area contributed by atoms with Gasteiger partial charge in [-0.15, -0.1) is 0 Å². The van der Waals surface area contributed by atoms with E-state index in [9.17, 15) is 4.79 Å². The van der Waals surface area contributed by atoms with Crippen LogP contribution in [0.3, 0.4) is 0 Å². The molecule has 0 aliphatic heterocycles. The van der Waals surface area contributed by atoms with Crippen molar-refractivity contribution in [3.8, 4) is 0 Å². The summed E-state index contributed by atoms with van der Waals surface area (Å²) in [7, 11) is 0. The molecule has 0 unspecified atom stereocenters. The molecule has 0 amide bonds. The van der Waals surface area contributed by atoms with Gasteiger partial charge in [0.2, 0.25) is 0 Å².